The van der Waals surface area contributed by atoms with Gasteiger partial charge in [-0.15, -0.1) is 0 Å². The fourth-order valence-corrected chi connectivity index (χ4v) is 1.93. The van der Waals surface area contributed by atoms with Gasteiger partial charge in [0, 0.05) is 23.9 Å². The van der Waals surface area contributed by atoms with Crippen LogP contribution >= 0.6 is 0 Å². The second-order valence-electron chi connectivity index (χ2n) is 4.46. The monoisotopic (exact) mass is 243 g/mol. The summed E-state index contributed by atoms with van der Waals surface area (Å²) in [6, 6.07) is 6.73. The molecule has 0 aliphatic heterocycles. The molecule has 18 heavy (non-hydrogen) atoms. The van der Waals surface area contributed by atoms with Crippen molar-refractivity contribution in [3.63, 3.8) is 0 Å². The molecule has 92 valence electrons. The molecule has 0 saturated heterocycles. The summed E-state index contributed by atoms with van der Waals surface area (Å²) >= 11 is 0. The number of aromatic nitrogens is 2. The van der Waals surface area contributed by atoms with Crippen LogP contribution in [-0.4, -0.2) is 9.55 Å². The van der Waals surface area contributed by atoms with Crippen molar-refractivity contribution in [1.82, 2.24) is 9.55 Å². The summed E-state index contributed by atoms with van der Waals surface area (Å²) in [6.45, 7) is 4.48. The fraction of sp³-hybridized carbons (Fsp3) is 0.286. The van der Waals surface area contributed by atoms with E-state index in [1.165, 1.54) is 6.07 Å². The Bertz CT molecular complexity index is 593. The number of nitriles is 1. The van der Waals surface area contributed by atoms with E-state index in [-0.39, 0.29) is 11.5 Å². The number of imidazole rings is 1. The number of hydrogen-bond donors (Lipinski definition) is 0. The Morgan fingerprint density at radius 3 is 2.89 bits per heavy atom. The van der Waals surface area contributed by atoms with Crippen molar-refractivity contribution in [1.29, 1.82) is 5.26 Å². The number of rotatable bonds is 3. The van der Waals surface area contributed by atoms with Crippen molar-refractivity contribution in [2.45, 2.75) is 26.3 Å². The Kier molecular flexibility index (Phi) is 3.42. The molecular weight excluding hydrogens is 229 g/mol. The largest absolute Gasteiger partial charge is 0.330 e. The van der Waals surface area contributed by atoms with E-state index in [0.29, 0.717) is 12.1 Å². The van der Waals surface area contributed by atoms with Crippen molar-refractivity contribution in [3.05, 3.63) is 53.4 Å². The first-order valence-electron chi connectivity index (χ1n) is 5.82. The Hall–Kier alpha value is -2.15. The van der Waals surface area contributed by atoms with Crippen LogP contribution < -0.4 is 0 Å². The quantitative estimate of drug-likeness (QED) is 0.831. The zero-order valence-electron chi connectivity index (χ0n) is 10.4. The lowest BCUT2D eigenvalue weighted by molar-refractivity contribution is 0.585. The van der Waals surface area contributed by atoms with E-state index in [9.17, 15) is 4.39 Å². The zero-order valence-corrected chi connectivity index (χ0v) is 10.4. The second-order valence-corrected chi connectivity index (χ2v) is 4.46. The Balaban J connectivity index is 2.35. The number of nitrogens with zero attached hydrogens (tertiary/aromatic N) is 3. The first-order chi connectivity index (χ1) is 8.63. The lowest BCUT2D eigenvalue weighted by Gasteiger charge is -2.11. The molecule has 0 spiro atoms. The van der Waals surface area contributed by atoms with Crippen molar-refractivity contribution in [3.8, 4) is 6.07 Å². The maximum Gasteiger partial charge on any atom is 0.145 e. The fourth-order valence-electron chi connectivity index (χ4n) is 1.93. The summed E-state index contributed by atoms with van der Waals surface area (Å²) < 4.78 is 15.8. The Morgan fingerprint density at radius 2 is 2.22 bits per heavy atom. The molecule has 0 fully saturated rings. The molecule has 0 atom stereocenters. The highest BCUT2D eigenvalue weighted by Crippen LogP contribution is 2.17. The summed E-state index contributed by atoms with van der Waals surface area (Å²) in [4.78, 5) is 4.26. The van der Waals surface area contributed by atoms with E-state index in [1.54, 1.807) is 18.3 Å². The van der Waals surface area contributed by atoms with Crippen LogP contribution in [0, 0.1) is 17.1 Å². The van der Waals surface area contributed by atoms with Crippen LogP contribution in [0.3, 0.4) is 0 Å². The highest BCUT2D eigenvalue weighted by molar-refractivity contribution is 5.35. The van der Waals surface area contributed by atoms with Crippen molar-refractivity contribution >= 4 is 0 Å². The van der Waals surface area contributed by atoms with Gasteiger partial charge in [-0.05, 0) is 6.07 Å². The third-order valence-electron chi connectivity index (χ3n) is 2.80. The smallest absolute Gasteiger partial charge is 0.145 e. The molecule has 1 aromatic heterocycles. The molecule has 0 amide bonds. The highest BCUT2D eigenvalue weighted by atomic mass is 19.1. The third kappa shape index (κ3) is 2.25. The minimum absolute atomic E-state index is 0.0821. The molecule has 2 aromatic rings. The summed E-state index contributed by atoms with van der Waals surface area (Å²) in [5.41, 5.74) is 0.590. The molecule has 0 aliphatic rings. The van der Waals surface area contributed by atoms with Crippen LogP contribution in [0.1, 0.15) is 36.7 Å². The molecular formula is C14H14FN3. The summed E-state index contributed by atoms with van der Waals surface area (Å²) in [5, 5.41) is 8.80. The molecule has 4 heteroatoms. The molecule has 3 nitrogen and oxygen atoms in total. The van der Waals surface area contributed by atoms with Gasteiger partial charge in [-0.25, -0.2) is 9.37 Å². The van der Waals surface area contributed by atoms with E-state index < -0.39 is 5.82 Å². The SMILES string of the molecule is CC(C)c1nccn1Cc1cccc(C#N)c1F. The van der Waals surface area contributed by atoms with Gasteiger partial charge in [-0.1, -0.05) is 26.0 Å². The third-order valence-corrected chi connectivity index (χ3v) is 2.80. The maximum atomic E-state index is 13.9. The summed E-state index contributed by atoms with van der Waals surface area (Å²) in [6.07, 6.45) is 3.54. The van der Waals surface area contributed by atoms with E-state index in [2.05, 4.69) is 4.98 Å². The minimum atomic E-state index is -0.441. The van der Waals surface area contributed by atoms with Gasteiger partial charge in [0.15, 0.2) is 0 Å². The lowest BCUT2D eigenvalue weighted by Crippen LogP contribution is -2.07. The molecule has 0 radical (unpaired) electrons. The van der Waals surface area contributed by atoms with Crippen molar-refractivity contribution in [2.75, 3.05) is 0 Å². The van der Waals surface area contributed by atoms with E-state index in [0.717, 1.165) is 5.82 Å². The minimum Gasteiger partial charge on any atom is -0.330 e. The average Bonchev–Trinajstić information content (AvgIpc) is 2.80. The Morgan fingerprint density at radius 1 is 1.44 bits per heavy atom. The van der Waals surface area contributed by atoms with E-state index in [4.69, 9.17) is 5.26 Å². The van der Waals surface area contributed by atoms with Crippen LogP contribution in [0.15, 0.2) is 30.6 Å². The molecule has 0 unspecified atom stereocenters. The number of halogens is 1. The van der Waals surface area contributed by atoms with Crippen LogP contribution in [0.5, 0.6) is 0 Å². The van der Waals surface area contributed by atoms with Crippen molar-refractivity contribution in [2.24, 2.45) is 0 Å². The normalized spacial score (nSPS) is 10.6. The molecule has 0 saturated carbocycles. The van der Waals surface area contributed by atoms with E-state index in [1.807, 2.05) is 30.7 Å². The van der Waals surface area contributed by atoms with Gasteiger partial charge in [-0.3, -0.25) is 0 Å². The van der Waals surface area contributed by atoms with Gasteiger partial charge in [0.2, 0.25) is 0 Å². The van der Waals surface area contributed by atoms with Gasteiger partial charge in [-0.2, -0.15) is 5.26 Å². The van der Waals surface area contributed by atoms with Gasteiger partial charge in [0.25, 0.3) is 0 Å². The molecule has 2 rings (SSSR count). The molecule has 0 aliphatic carbocycles. The van der Waals surface area contributed by atoms with E-state index >= 15 is 0 Å². The number of benzene rings is 1. The summed E-state index contributed by atoms with van der Waals surface area (Å²) in [7, 11) is 0. The first kappa shape index (κ1) is 12.3. The van der Waals surface area contributed by atoms with Crippen LogP contribution in [-0.2, 0) is 6.54 Å². The average molecular weight is 243 g/mol. The highest BCUT2D eigenvalue weighted by Gasteiger charge is 2.11. The van der Waals surface area contributed by atoms with Gasteiger partial charge >= 0.3 is 0 Å². The van der Waals surface area contributed by atoms with Crippen LogP contribution in [0.2, 0.25) is 0 Å². The maximum absolute atomic E-state index is 13.9. The molecule has 0 N–H and O–H groups in total. The Labute approximate surface area is 106 Å². The number of hydrogen-bond acceptors (Lipinski definition) is 2. The topological polar surface area (TPSA) is 41.6 Å². The van der Waals surface area contributed by atoms with Crippen LogP contribution in [0.4, 0.5) is 4.39 Å². The zero-order chi connectivity index (χ0) is 13.1. The molecule has 1 heterocycles. The molecule has 1 aromatic carbocycles. The van der Waals surface area contributed by atoms with Crippen LogP contribution in [0.25, 0.3) is 0 Å². The van der Waals surface area contributed by atoms with Crippen molar-refractivity contribution < 1.29 is 4.39 Å². The van der Waals surface area contributed by atoms with Gasteiger partial charge in [0.05, 0.1) is 12.1 Å². The lowest BCUT2D eigenvalue weighted by atomic mass is 10.1. The second kappa shape index (κ2) is 5.01. The van der Waals surface area contributed by atoms with Gasteiger partial charge < -0.3 is 4.57 Å². The predicted octanol–water partition coefficient (Wildman–Crippen LogP) is 3.07. The molecule has 0 bridgehead atoms. The van der Waals surface area contributed by atoms with Gasteiger partial charge in [0.1, 0.15) is 17.7 Å². The standard InChI is InChI=1S/C14H14FN3/c1-10(2)14-17-6-7-18(14)9-12-5-3-4-11(8-16)13(12)15/h3-7,10H,9H2,1-2H3. The summed E-state index contributed by atoms with van der Waals surface area (Å²) in [5.74, 6) is 0.752. The first-order valence-corrected chi connectivity index (χ1v) is 5.82. The predicted molar refractivity (Wildman–Crippen MR) is 66.5 cm³/mol.